The van der Waals surface area contributed by atoms with Gasteiger partial charge in [-0.1, -0.05) is 50.2 Å². The largest absolute Gasteiger partial charge is 0.365 e. The fourth-order valence-corrected chi connectivity index (χ4v) is 4.52. The summed E-state index contributed by atoms with van der Waals surface area (Å²) < 4.78 is 1.11. The van der Waals surface area contributed by atoms with Gasteiger partial charge in [0.05, 0.1) is 0 Å². The van der Waals surface area contributed by atoms with Crippen LogP contribution in [-0.4, -0.2) is 29.1 Å². The van der Waals surface area contributed by atoms with E-state index in [1.807, 2.05) is 0 Å². The Labute approximate surface area is 114 Å². The van der Waals surface area contributed by atoms with Crippen LogP contribution < -0.4 is 0 Å². The van der Waals surface area contributed by atoms with Gasteiger partial charge in [-0.3, -0.25) is 0 Å². The van der Waals surface area contributed by atoms with Crippen molar-refractivity contribution < 1.29 is 0 Å². The van der Waals surface area contributed by atoms with E-state index in [2.05, 4.69) is 56.3 Å². The molecule has 1 atom stereocenters. The molecule has 0 radical (unpaired) electrons. The van der Waals surface area contributed by atoms with Gasteiger partial charge in [-0.05, 0) is 29.2 Å². The summed E-state index contributed by atoms with van der Waals surface area (Å²) in [7, 11) is 3.80. The van der Waals surface area contributed by atoms with E-state index in [9.17, 15) is 0 Å². The number of benzene rings is 1. The highest BCUT2D eigenvalue weighted by Crippen LogP contribution is 2.39. The Morgan fingerprint density at radius 1 is 1.18 bits per heavy atom. The van der Waals surface area contributed by atoms with Crippen molar-refractivity contribution in [2.24, 2.45) is 0 Å². The highest BCUT2D eigenvalue weighted by Gasteiger charge is 2.13. The molecule has 0 bridgehead atoms. The van der Waals surface area contributed by atoms with Gasteiger partial charge in [0.2, 0.25) is 0 Å². The molecule has 3 heteroatoms. The van der Waals surface area contributed by atoms with Crippen LogP contribution in [0.4, 0.5) is 0 Å². The maximum Gasteiger partial charge on any atom is 0.119 e. The minimum atomic E-state index is -0.311. The molecule has 0 spiro atoms. The Morgan fingerprint density at radius 3 is 2.35 bits per heavy atom. The van der Waals surface area contributed by atoms with E-state index in [1.165, 1.54) is 29.9 Å². The first-order chi connectivity index (χ1) is 8.16. The molecule has 1 aromatic rings. The monoisotopic (exact) mass is 269 g/mol. The molecule has 0 aromatic heterocycles. The lowest BCUT2D eigenvalue weighted by Crippen LogP contribution is -2.21. The standard InChI is InChI=1S/C14H23NS2/c1-4-5-9-12-17(14(16)15(2)3)13-10-7-6-8-11-13/h6-8,10-11,17H,4-5,9,12H2,1-3H3. The lowest BCUT2D eigenvalue weighted by molar-refractivity contribution is 0.647. The first-order valence-electron chi connectivity index (χ1n) is 6.20. The summed E-state index contributed by atoms with van der Waals surface area (Å²) in [5, 5.41) is 0. The summed E-state index contributed by atoms with van der Waals surface area (Å²) in [5.74, 6) is 1.23. The topological polar surface area (TPSA) is 3.24 Å². The van der Waals surface area contributed by atoms with E-state index in [-0.39, 0.29) is 10.9 Å². The van der Waals surface area contributed by atoms with Crippen molar-refractivity contribution in [1.82, 2.24) is 4.90 Å². The van der Waals surface area contributed by atoms with E-state index in [4.69, 9.17) is 12.2 Å². The van der Waals surface area contributed by atoms with Crippen molar-refractivity contribution in [1.29, 1.82) is 0 Å². The molecule has 0 saturated heterocycles. The molecular formula is C14H23NS2. The predicted octanol–water partition coefficient (Wildman–Crippen LogP) is 4.08. The van der Waals surface area contributed by atoms with Crippen molar-refractivity contribution in [2.45, 2.75) is 31.1 Å². The summed E-state index contributed by atoms with van der Waals surface area (Å²) in [5.41, 5.74) is 0. The predicted molar refractivity (Wildman–Crippen MR) is 84.4 cm³/mol. The van der Waals surface area contributed by atoms with Crippen LogP contribution in [0.2, 0.25) is 0 Å². The number of thiocarbonyl (C=S) groups is 1. The molecule has 1 unspecified atom stereocenters. The van der Waals surface area contributed by atoms with Gasteiger partial charge in [0.25, 0.3) is 0 Å². The third-order valence-electron chi connectivity index (χ3n) is 2.67. The Kier molecular flexibility index (Phi) is 6.60. The van der Waals surface area contributed by atoms with Crippen LogP contribution in [0.5, 0.6) is 0 Å². The summed E-state index contributed by atoms with van der Waals surface area (Å²) >= 11 is 5.59. The van der Waals surface area contributed by atoms with Crippen molar-refractivity contribution in [2.75, 3.05) is 19.8 Å². The fourth-order valence-electron chi connectivity index (χ4n) is 1.70. The zero-order valence-electron chi connectivity index (χ0n) is 11.0. The molecule has 0 aliphatic carbocycles. The number of thiol groups is 1. The van der Waals surface area contributed by atoms with Crippen LogP contribution in [0, 0.1) is 0 Å². The average Bonchev–Trinajstić information content (AvgIpc) is 2.35. The van der Waals surface area contributed by atoms with Crippen molar-refractivity contribution in [3.8, 4) is 0 Å². The number of hydrogen-bond acceptors (Lipinski definition) is 1. The molecular weight excluding hydrogens is 246 g/mol. The molecule has 0 saturated carbocycles. The molecule has 17 heavy (non-hydrogen) atoms. The molecule has 0 N–H and O–H groups in total. The zero-order chi connectivity index (χ0) is 12.7. The van der Waals surface area contributed by atoms with Crippen LogP contribution in [0.25, 0.3) is 0 Å². The normalized spacial score (nSPS) is 13.2. The molecule has 0 fully saturated rings. The highest BCUT2D eigenvalue weighted by atomic mass is 32.2. The number of rotatable bonds is 5. The van der Waals surface area contributed by atoms with E-state index >= 15 is 0 Å². The number of unbranched alkanes of at least 4 members (excludes halogenated alkanes) is 2. The van der Waals surface area contributed by atoms with Crippen LogP contribution >= 0.6 is 23.1 Å². The van der Waals surface area contributed by atoms with Crippen LogP contribution in [0.15, 0.2) is 35.2 Å². The van der Waals surface area contributed by atoms with Crippen LogP contribution in [-0.2, 0) is 0 Å². The third-order valence-corrected chi connectivity index (χ3v) is 6.24. The Hall–Kier alpha value is -0.540. The van der Waals surface area contributed by atoms with Gasteiger partial charge in [0.15, 0.2) is 0 Å². The number of nitrogens with zero attached hydrogens (tertiary/aromatic N) is 1. The molecule has 0 amide bonds. The molecule has 0 aliphatic rings. The number of hydrogen-bond donors (Lipinski definition) is 1. The van der Waals surface area contributed by atoms with E-state index in [1.54, 1.807) is 0 Å². The summed E-state index contributed by atoms with van der Waals surface area (Å²) in [4.78, 5) is 3.51. The summed E-state index contributed by atoms with van der Waals surface area (Å²) in [6, 6.07) is 10.7. The lowest BCUT2D eigenvalue weighted by Gasteiger charge is -2.27. The van der Waals surface area contributed by atoms with Crippen molar-refractivity contribution in [3.63, 3.8) is 0 Å². The van der Waals surface area contributed by atoms with E-state index in [0.29, 0.717) is 0 Å². The second kappa shape index (κ2) is 7.72. The Balaban J connectivity index is 2.76. The smallest absolute Gasteiger partial charge is 0.119 e. The van der Waals surface area contributed by atoms with Gasteiger partial charge in [0, 0.05) is 14.1 Å². The highest BCUT2D eigenvalue weighted by molar-refractivity contribution is 8.36. The summed E-state index contributed by atoms with van der Waals surface area (Å²) in [6.45, 7) is 2.25. The van der Waals surface area contributed by atoms with Gasteiger partial charge < -0.3 is 4.90 Å². The Bertz CT molecular complexity index is 335. The molecule has 0 heterocycles. The van der Waals surface area contributed by atoms with Crippen LogP contribution in [0.3, 0.4) is 0 Å². The third kappa shape index (κ3) is 4.68. The average molecular weight is 269 g/mol. The quantitative estimate of drug-likeness (QED) is 0.487. The van der Waals surface area contributed by atoms with Gasteiger partial charge in [-0.15, -0.1) is 0 Å². The molecule has 96 valence electrons. The van der Waals surface area contributed by atoms with Crippen molar-refractivity contribution >= 4 is 27.4 Å². The van der Waals surface area contributed by atoms with E-state index < -0.39 is 0 Å². The minimum Gasteiger partial charge on any atom is -0.365 e. The van der Waals surface area contributed by atoms with Gasteiger partial charge in [-0.2, -0.15) is 10.9 Å². The van der Waals surface area contributed by atoms with E-state index in [0.717, 1.165) is 4.32 Å². The van der Waals surface area contributed by atoms with Gasteiger partial charge >= 0.3 is 0 Å². The minimum absolute atomic E-state index is 0.311. The maximum absolute atomic E-state index is 5.59. The molecule has 0 aliphatic heterocycles. The second-order valence-electron chi connectivity index (χ2n) is 4.37. The summed E-state index contributed by atoms with van der Waals surface area (Å²) in [6.07, 6.45) is 3.86. The molecule has 1 nitrogen and oxygen atoms in total. The SMILES string of the molecule is CCCCC[SH](C(=S)N(C)C)c1ccccc1. The first-order valence-corrected chi connectivity index (χ1v) is 8.14. The zero-order valence-corrected chi connectivity index (χ0v) is 12.7. The van der Waals surface area contributed by atoms with Gasteiger partial charge in [0.1, 0.15) is 4.32 Å². The van der Waals surface area contributed by atoms with Crippen molar-refractivity contribution in [3.05, 3.63) is 30.3 Å². The lowest BCUT2D eigenvalue weighted by atomic mass is 10.3. The second-order valence-corrected chi connectivity index (χ2v) is 7.30. The van der Waals surface area contributed by atoms with Crippen LogP contribution in [0.1, 0.15) is 26.2 Å². The Morgan fingerprint density at radius 2 is 1.82 bits per heavy atom. The first kappa shape index (κ1) is 14.5. The molecule has 1 aromatic carbocycles. The fraction of sp³-hybridized carbons (Fsp3) is 0.500. The maximum atomic E-state index is 5.59. The molecule has 1 rings (SSSR count). The van der Waals surface area contributed by atoms with Gasteiger partial charge in [-0.25, -0.2) is 0 Å².